The summed E-state index contributed by atoms with van der Waals surface area (Å²) < 4.78 is 10.6. The number of aromatic nitrogens is 5. The molecule has 0 radical (unpaired) electrons. The minimum absolute atomic E-state index is 0.149. The van der Waals surface area contributed by atoms with Crippen molar-refractivity contribution in [3.63, 3.8) is 0 Å². The van der Waals surface area contributed by atoms with E-state index in [9.17, 15) is 4.79 Å². The van der Waals surface area contributed by atoms with Gasteiger partial charge in [0.15, 0.2) is 5.65 Å². The standard InChI is InChI=1S/C42H54N10O2/c1-29-10-8-9-21-50(29)41-46-45-38-20-17-32(28-51(38)41)54-36-19-18-35(33-11-6-7-12-34(33)36)43-40(53)44-39-26-37(42(2,3)4)47-52(39)31-15-13-30(14-16-31)27-49-24-22-48(5)23-25-49/h6-7,11-17,20,26,28-29,35-36H,8-10,18-19,21-25,27H2,1-5H3,(H2,43,44,53). The molecule has 2 N–H and O–H groups in total. The number of ether oxygens (including phenoxy) is 1. The number of carbonyl (C=O) groups excluding carboxylic acids is 1. The lowest BCUT2D eigenvalue weighted by Gasteiger charge is -2.33. The molecule has 3 atom stereocenters. The second kappa shape index (κ2) is 15.1. The van der Waals surface area contributed by atoms with Crippen LogP contribution in [0.3, 0.4) is 0 Å². The first-order chi connectivity index (χ1) is 26.1. The Bertz CT molecular complexity index is 2070. The lowest BCUT2D eigenvalue weighted by molar-refractivity contribution is 0.148. The molecule has 5 aromatic rings. The summed E-state index contributed by atoms with van der Waals surface area (Å²) in [5.74, 6) is 2.28. The number of piperidine rings is 1. The van der Waals surface area contributed by atoms with Crippen molar-refractivity contribution in [2.75, 3.05) is 50.0 Å². The Morgan fingerprint density at radius 2 is 1.67 bits per heavy atom. The summed E-state index contributed by atoms with van der Waals surface area (Å²) in [4.78, 5) is 21.0. The largest absolute Gasteiger partial charge is 0.484 e. The molecule has 0 saturated carbocycles. The van der Waals surface area contributed by atoms with Crippen molar-refractivity contribution in [1.29, 1.82) is 0 Å². The van der Waals surface area contributed by atoms with Gasteiger partial charge < -0.3 is 19.9 Å². The number of anilines is 2. The normalized spacial score (nSPS) is 21.2. The highest BCUT2D eigenvalue weighted by atomic mass is 16.5. The summed E-state index contributed by atoms with van der Waals surface area (Å²) in [6.45, 7) is 14.9. The van der Waals surface area contributed by atoms with E-state index in [0.29, 0.717) is 11.9 Å². The Hall–Kier alpha value is -4.94. The Morgan fingerprint density at radius 3 is 2.43 bits per heavy atom. The van der Waals surface area contributed by atoms with Gasteiger partial charge in [0, 0.05) is 56.8 Å². The number of rotatable bonds is 8. The van der Waals surface area contributed by atoms with E-state index < -0.39 is 0 Å². The van der Waals surface area contributed by atoms with Gasteiger partial charge in [0.05, 0.1) is 23.6 Å². The minimum Gasteiger partial charge on any atom is -0.484 e. The summed E-state index contributed by atoms with van der Waals surface area (Å²) in [7, 11) is 2.18. The van der Waals surface area contributed by atoms with Crippen LogP contribution < -0.4 is 20.3 Å². The molecule has 2 aromatic carbocycles. The van der Waals surface area contributed by atoms with Crippen LogP contribution in [0.15, 0.2) is 72.9 Å². The Morgan fingerprint density at radius 1 is 0.889 bits per heavy atom. The van der Waals surface area contributed by atoms with Crippen LogP contribution in [0, 0.1) is 0 Å². The quantitative estimate of drug-likeness (QED) is 0.174. The van der Waals surface area contributed by atoms with E-state index in [1.807, 2.05) is 41.2 Å². The van der Waals surface area contributed by atoms with Crippen molar-refractivity contribution in [3.8, 4) is 11.4 Å². The average Bonchev–Trinajstić information content (AvgIpc) is 3.79. The van der Waals surface area contributed by atoms with E-state index in [1.165, 1.54) is 12.0 Å². The maximum atomic E-state index is 13.8. The highest BCUT2D eigenvalue weighted by molar-refractivity contribution is 5.89. The third-order valence-electron chi connectivity index (χ3n) is 11.3. The molecule has 2 saturated heterocycles. The van der Waals surface area contributed by atoms with Gasteiger partial charge in [-0.05, 0) is 87.0 Å². The van der Waals surface area contributed by atoms with E-state index >= 15 is 0 Å². The van der Waals surface area contributed by atoms with Crippen LogP contribution in [-0.2, 0) is 12.0 Å². The third-order valence-corrected chi connectivity index (χ3v) is 11.3. The van der Waals surface area contributed by atoms with Gasteiger partial charge in [-0.3, -0.25) is 14.6 Å². The number of hydrogen-bond acceptors (Lipinski definition) is 8. The second-order valence-electron chi connectivity index (χ2n) is 16.4. The van der Waals surface area contributed by atoms with Gasteiger partial charge in [-0.2, -0.15) is 5.10 Å². The van der Waals surface area contributed by atoms with Crippen LogP contribution in [-0.4, -0.2) is 86.0 Å². The number of benzene rings is 2. The molecule has 0 bridgehead atoms. The van der Waals surface area contributed by atoms with E-state index in [1.54, 1.807) is 0 Å². The highest BCUT2D eigenvalue weighted by Crippen LogP contribution is 2.39. The number of nitrogens with one attached hydrogen (secondary N) is 2. The van der Waals surface area contributed by atoms with E-state index in [0.717, 1.165) is 105 Å². The van der Waals surface area contributed by atoms with Crippen LogP contribution in [0.4, 0.5) is 16.6 Å². The minimum atomic E-state index is -0.264. The lowest BCUT2D eigenvalue weighted by atomic mass is 9.85. The number of piperazine rings is 1. The smallest absolute Gasteiger partial charge is 0.320 e. The zero-order valence-electron chi connectivity index (χ0n) is 32.3. The molecule has 54 heavy (non-hydrogen) atoms. The SMILES string of the molecule is CC1CCCCN1c1nnc2ccc(OC3CCC(NC(=O)Nc4cc(C(C)(C)C)nn4-c4ccc(CN5CCN(C)CC5)cc4)c4ccccc43)cn12. The predicted molar refractivity (Wildman–Crippen MR) is 213 cm³/mol. The van der Waals surface area contributed by atoms with Crippen LogP contribution in [0.1, 0.15) is 94.3 Å². The summed E-state index contributed by atoms with van der Waals surface area (Å²) in [5.41, 5.74) is 5.86. The fraction of sp³-hybridized carbons (Fsp3) is 0.476. The van der Waals surface area contributed by atoms with Crippen LogP contribution in [0.2, 0.25) is 0 Å². The van der Waals surface area contributed by atoms with Crippen molar-refractivity contribution in [2.24, 2.45) is 0 Å². The molecule has 5 heterocycles. The number of likely N-dealkylation sites (N-methyl/N-ethyl adjacent to an activating group) is 1. The van der Waals surface area contributed by atoms with Crippen LogP contribution in [0.25, 0.3) is 11.3 Å². The second-order valence-corrected chi connectivity index (χ2v) is 16.4. The molecular formula is C42H54N10O2. The van der Waals surface area contributed by atoms with Crippen LogP contribution >= 0.6 is 0 Å². The van der Waals surface area contributed by atoms with Crippen molar-refractivity contribution >= 4 is 23.4 Å². The molecule has 8 rings (SSSR count). The molecule has 3 unspecified atom stereocenters. The van der Waals surface area contributed by atoms with Gasteiger partial charge in [-0.1, -0.05) is 57.2 Å². The fourth-order valence-corrected chi connectivity index (χ4v) is 8.06. The van der Waals surface area contributed by atoms with Crippen molar-refractivity contribution in [2.45, 2.75) is 89.9 Å². The van der Waals surface area contributed by atoms with Gasteiger partial charge in [0.25, 0.3) is 0 Å². The average molecular weight is 731 g/mol. The fourth-order valence-electron chi connectivity index (χ4n) is 8.06. The maximum Gasteiger partial charge on any atom is 0.320 e. The number of amides is 2. The zero-order valence-corrected chi connectivity index (χ0v) is 32.3. The number of nitrogens with zero attached hydrogens (tertiary/aromatic N) is 8. The van der Waals surface area contributed by atoms with E-state index in [-0.39, 0.29) is 23.6 Å². The van der Waals surface area contributed by atoms with Gasteiger partial charge >= 0.3 is 6.03 Å². The lowest BCUT2D eigenvalue weighted by Crippen LogP contribution is -2.43. The summed E-state index contributed by atoms with van der Waals surface area (Å²) in [6, 6.07) is 22.8. The number of urea groups is 1. The molecule has 2 amide bonds. The molecule has 1 aliphatic carbocycles. The van der Waals surface area contributed by atoms with Crippen molar-refractivity contribution < 1.29 is 9.53 Å². The molecule has 12 heteroatoms. The van der Waals surface area contributed by atoms with Gasteiger partial charge in [0.2, 0.25) is 5.95 Å². The first-order valence-electron chi connectivity index (χ1n) is 19.6. The zero-order chi connectivity index (χ0) is 37.4. The first-order valence-corrected chi connectivity index (χ1v) is 19.6. The van der Waals surface area contributed by atoms with E-state index in [4.69, 9.17) is 9.84 Å². The summed E-state index contributed by atoms with van der Waals surface area (Å²) in [5, 5.41) is 20.4. The maximum absolute atomic E-state index is 13.8. The molecule has 12 nitrogen and oxygen atoms in total. The molecule has 3 aromatic heterocycles. The third kappa shape index (κ3) is 7.67. The molecule has 2 aliphatic heterocycles. The predicted octanol–water partition coefficient (Wildman–Crippen LogP) is 7.12. The Labute approximate surface area is 318 Å². The number of hydrogen-bond donors (Lipinski definition) is 2. The topological polar surface area (TPSA) is 108 Å². The molecule has 3 aliphatic rings. The monoisotopic (exact) mass is 730 g/mol. The molecular weight excluding hydrogens is 677 g/mol. The van der Waals surface area contributed by atoms with Gasteiger partial charge in [0.1, 0.15) is 17.7 Å². The number of fused-ring (bicyclic) bond motifs is 2. The Kier molecular flexibility index (Phi) is 10.1. The number of carbonyl (C=O) groups is 1. The Balaban J connectivity index is 0.965. The van der Waals surface area contributed by atoms with Gasteiger partial charge in [-0.15, -0.1) is 10.2 Å². The van der Waals surface area contributed by atoms with E-state index in [2.05, 4.69) is 111 Å². The van der Waals surface area contributed by atoms with Crippen LogP contribution in [0.5, 0.6) is 5.75 Å². The first kappa shape index (κ1) is 36.1. The van der Waals surface area contributed by atoms with Gasteiger partial charge in [-0.25, -0.2) is 9.48 Å². The molecule has 2 fully saturated rings. The van der Waals surface area contributed by atoms with Crippen molar-refractivity contribution in [1.82, 2.24) is 39.5 Å². The molecule has 0 spiro atoms. The summed E-state index contributed by atoms with van der Waals surface area (Å²) in [6.07, 6.45) is 6.92. The number of pyridine rings is 1. The summed E-state index contributed by atoms with van der Waals surface area (Å²) >= 11 is 0. The molecule has 284 valence electrons. The van der Waals surface area contributed by atoms with Crippen molar-refractivity contribution in [3.05, 3.63) is 95.3 Å². The highest BCUT2D eigenvalue weighted by Gasteiger charge is 2.31.